The van der Waals surface area contributed by atoms with Gasteiger partial charge in [0, 0.05) is 56.9 Å². The Morgan fingerprint density at radius 3 is 1.74 bits per heavy atom. The second-order valence-corrected chi connectivity index (χ2v) is 21.0. The third-order valence-electron chi connectivity index (χ3n) is 12.1. The third-order valence-corrected chi connectivity index (χ3v) is 12.1. The fourth-order valence-electron chi connectivity index (χ4n) is 8.30. The number of nitrogens with zero attached hydrogens (tertiary/aromatic N) is 4. The fourth-order valence-corrected chi connectivity index (χ4v) is 8.30. The second kappa shape index (κ2) is 17.2. The molecule has 6 heteroatoms. The van der Waals surface area contributed by atoms with Crippen molar-refractivity contribution >= 4 is 43.7 Å². The van der Waals surface area contributed by atoms with Gasteiger partial charge in [-0.05, 0) is 87.2 Å². The van der Waals surface area contributed by atoms with Crippen molar-refractivity contribution in [3.63, 3.8) is 0 Å². The van der Waals surface area contributed by atoms with Gasteiger partial charge in [-0.3, -0.25) is 0 Å². The van der Waals surface area contributed by atoms with Gasteiger partial charge in [0.1, 0.15) is 17.3 Å². The quantitative estimate of drug-likeness (QED) is 0.165. The molecule has 9 rings (SSSR count). The van der Waals surface area contributed by atoms with E-state index < -0.39 is 13.7 Å². The third kappa shape index (κ3) is 8.94. The van der Waals surface area contributed by atoms with Crippen LogP contribution in [0.1, 0.15) is 130 Å². The summed E-state index contributed by atoms with van der Waals surface area (Å²) in [4.78, 5) is 8.98. The predicted octanol–water partition coefficient (Wildman–Crippen LogP) is 15.8. The van der Waals surface area contributed by atoms with E-state index in [0.29, 0.717) is 28.0 Å². The molecule has 0 unspecified atom stereocenters. The number of fused-ring (bicyclic) bond motifs is 6. The average molecular weight is 1040 g/mol. The summed E-state index contributed by atoms with van der Waals surface area (Å²) in [6.45, 7) is 20.6. The van der Waals surface area contributed by atoms with E-state index in [0.717, 1.165) is 66.7 Å². The molecule has 0 saturated heterocycles. The molecular weight excluding hydrogens is 973 g/mol. The van der Waals surface area contributed by atoms with Crippen LogP contribution in [0.5, 0.6) is 0 Å². The summed E-state index contributed by atoms with van der Waals surface area (Å²) < 4.78 is 57.7. The van der Waals surface area contributed by atoms with Crippen LogP contribution in [0, 0.1) is 37.2 Å². The van der Waals surface area contributed by atoms with Gasteiger partial charge in [-0.1, -0.05) is 148 Å². The van der Waals surface area contributed by atoms with E-state index in [4.69, 9.17) is 12.6 Å². The zero-order valence-electron chi connectivity index (χ0n) is 45.4. The smallest absolute Gasteiger partial charge is 0.146 e. The Balaban J connectivity index is 0.000000369. The Morgan fingerprint density at radius 2 is 1.22 bits per heavy atom. The minimum absolute atomic E-state index is 0. The molecule has 1 radical (unpaired) electrons. The number of hydrogen-bond acceptors (Lipinski definition) is 4. The molecule has 0 bridgehead atoms. The maximum Gasteiger partial charge on any atom is 0.146 e. The Morgan fingerprint density at radius 1 is 0.615 bits per heavy atom. The first-order valence-electron chi connectivity index (χ1n) is 24.9. The van der Waals surface area contributed by atoms with Gasteiger partial charge >= 0.3 is 0 Å². The molecule has 0 saturated carbocycles. The van der Waals surface area contributed by atoms with Gasteiger partial charge in [0.05, 0.1) is 22.2 Å². The molecule has 5 aromatic carbocycles. The molecule has 65 heavy (non-hydrogen) atoms. The molecule has 0 aliphatic carbocycles. The Hall–Kier alpha value is -5.86. The summed E-state index contributed by atoms with van der Waals surface area (Å²) in [7, 11) is 0. The van der Waals surface area contributed by atoms with Crippen LogP contribution in [0.4, 0.5) is 0 Å². The first kappa shape index (κ1) is 39.5. The molecule has 0 amide bonds. The van der Waals surface area contributed by atoms with Crippen LogP contribution in [0.25, 0.3) is 71.9 Å². The fraction of sp³-hybridized carbons (Fsp3) is 0.305. The summed E-state index contributed by atoms with van der Waals surface area (Å²) >= 11 is 0. The first-order valence-corrected chi connectivity index (χ1v) is 21.9. The van der Waals surface area contributed by atoms with E-state index >= 15 is 0 Å². The molecule has 0 spiro atoms. The molecule has 4 aromatic heterocycles. The summed E-state index contributed by atoms with van der Waals surface area (Å²) in [5.41, 5.74) is 9.86. The first-order chi connectivity index (χ1) is 32.5. The zero-order valence-corrected chi connectivity index (χ0v) is 41.8. The van der Waals surface area contributed by atoms with E-state index in [-0.39, 0.29) is 58.6 Å². The van der Waals surface area contributed by atoms with Crippen molar-refractivity contribution in [3.05, 3.63) is 161 Å². The second-order valence-electron chi connectivity index (χ2n) is 21.0. The monoisotopic (exact) mass is 1040 g/mol. The predicted molar refractivity (Wildman–Crippen MR) is 268 cm³/mol. The number of aromatic nitrogens is 3. The van der Waals surface area contributed by atoms with Crippen LogP contribution in [-0.2, 0) is 41.8 Å². The van der Waals surface area contributed by atoms with Crippen LogP contribution in [0.2, 0.25) is 0 Å². The maximum atomic E-state index is 10.8. The summed E-state index contributed by atoms with van der Waals surface area (Å²) in [6.07, 6.45) is 3.08. The van der Waals surface area contributed by atoms with E-state index in [2.05, 4.69) is 164 Å². The molecule has 0 atom stereocenters. The van der Waals surface area contributed by atoms with Crippen molar-refractivity contribution in [2.45, 2.75) is 118 Å². The number of rotatable bonds is 3. The standard InChI is InChI=1S/C44H44N3O.C15H16N.Ir/c1-25-20-35(46-24-26(25)2)32-18-19-34(44(9,10)11)38-33-15-12-27(23-45)39(41(33)48-40(32)38)47-36-21-28(42(3,4)5)13-16-30(36)31-17-14-29(22-37(31)47)43(6,7)8;1-15(2,3)13-9-10-14(16-11-13)12-7-5-4-6-8-12;/h12-17,19-22,24H,1-11H3;4-7,9-11H,1-3H3;/q2*-1;/i1D3,2D3;;. The van der Waals surface area contributed by atoms with E-state index in [1.807, 2.05) is 48.7 Å². The van der Waals surface area contributed by atoms with Gasteiger partial charge in [-0.2, -0.15) is 5.26 Å². The average Bonchev–Trinajstić information content (AvgIpc) is 3.82. The van der Waals surface area contributed by atoms with Crippen LogP contribution < -0.4 is 0 Å². The van der Waals surface area contributed by atoms with Crippen LogP contribution >= 0.6 is 0 Å². The van der Waals surface area contributed by atoms with Crippen molar-refractivity contribution < 1.29 is 32.7 Å². The summed E-state index contributed by atoms with van der Waals surface area (Å²) in [6, 6.07) is 41.1. The van der Waals surface area contributed by atoms with Crippen molar-refractivity contribution in [1.29, 1.82) is 5.26 Å². The summed E-state index contributed by atoms with van der Waals surface area (Å²) in [5.74, 6) is 0. The molecule has 333 valence electrons. The van der Waals surface area contributed by atoms with Gasteiger partial charge in [0.15, 0.2) is 0 Å². The van der Waals surface area contributed by atoms with Crippen molar-refractivity contribution in [2.24, 2.45) is 0 Å². The van der Waals surface area contributed by atoms with Crippen molar-refractivity contribution in [3.8, 4) is 34.3 Å². The van der Waals surface area contributed by atoms with Crippen LogP contribution in [0.3, 0.4) is 0 Å². The number of benzene rings is 5. The minimum atomic E-state index is -2.71. The number of hydrogen-bond donors (Lipinski definition) is 0. The van der Waals surface area contributed by atoms with Gasteiger partial charge in [-0.25, -0.2) is 0 Å². The molecule has 9 aromatic rings. The summed E-state index contributed by atoms with van der Waals surface area (Å²) in [5, 5.41) is 14.4. The van der Waals surface area contributed by atoms with Gasteiger partial charge < -0.3 is 19.0 Å². The Labute approximate surface area is 407 Å². The SMILES string of the molecule is CC(C)(C)c1ccc(-c2[c-]cccc2)nc1.[2H]C([2H])([2H])c1cnc(-c2[c-]cc(C(C)(C)C)c3c2oc2c(-n4c5cc(C(C)(C)C)ccc5c5ccc(C(C)(C)C)cc54)c(C#N)ccc23)cc1C([2H])([2H])[2H].[Ir]. The van der Waals surface area contributed by atoms with Gasteiger partial charge in [0.25, 0.3) is 0 Å². The maximum absolute atomic E-state index is 10.8. The molecule has 0 N–H and O–H groups in total. The van der Waals surface area contributed by atoms with Crippen molar-refractivity contribution in [2.75, 3.05) is 0 Å². The van der Waals surface area contributed by atoms with Crippen LogP contribution in [0.15, 0.2) is 114 Å². The van der Waals surface area contributed by atoms with Gasteiger partial charge in [-0.15, -0.1) is 53.6 Å². The van der Waals surface area contributed by atoms with Gasteiger partial charge in [0.2, 0.25) is 0 Å². The van der Waals surface area contributed by atoms with E-state index in [1.165, 1.54) is 11.6 Å². The van der Waals surface area contributed by atoms with Crippen molar-refractivity contribution in [1.82, 2.24) is 14.5 Å². The van der Waals surface area contributed by atoms with E-state index in [9.17, 15) is 5.26 Å². The molecular formula is C59H60IrN4O-2. The Bertz CT molecular complexity index is 3420. The Kier molecular flexibility index (Phi) is 10.4. The molecule has 0 aliphatic rings. The number of furan rings is 1. The topological polar surface area (TPSA) is 67.6 Å². The normalized spacial score (nSPS) is 14.1. The zero-order chi connectivity index (χ0) is 51.1. The van der Waals surface area contributed by atoms with E-state index in [1.54, 1.807) is 0 Å². The molecule has 0 fully saturated rings. The largest absolute Gasteiger partial charge is 0.498 e. The molecule has 4 heterocycles. The number of nitriles is 1. The minimum Gasteiger partial charge on any atom is -0.498 e. The number of aryl methyl sites for hydroxylation is 2. The van der Waals surface area contributed by atoms with Crippen LogP contribution in [-0.4, -0.2) is 14.5 Å². The molecule has 5 nitrogen and oxygen atoms in total. The molecule has 0 aliphatic heterocycles. The number of pyridine rings is 2.